The molecule has 19 heavy (non-hydrogen) atoms. The van der Waals surface area contributed by atoms with E-state index in [1.807, 2.05) is 6.92 Å². The van der Waals surface area contributed by atoms with E-state index in [0.29, 0.717) is 18.4 Å². The Bertz CT molecular complexity index is 565. The second-order valence-electron chi connectivity index (χ2n) is 4.72. The Morgan fingerprint density at radius 3 is 2.47 bits per heavy atom. The van der Waals surface area contributed by atoms with Crippen LogP contribution in [0.3, 0.4) is 0 Å². The highest BCUT2D eigenvalue weighted by Crippen LogP contribution is 2.25. The number of carbonyl (C=O) groups excluding carboxylic acids is 1. The van der Waals surface area contributed by atoms with Gasteiger partial charge in [-0.15, -0.1) is 0 Å². The first-order chi connectivity index (χ1) is 8.62. The van der Waals surface area contributed by atoms with Gasteiger partial charge in [0.15, 0.2) is 10.4 Å². The van der Waals surface area contributed by atoms with Gasteiger partial charge in [-0.1, -0.05) is 20.8 Å². The van der Waals surface area contributed by atoms with Crippen LogP contribution >= 0.6 is 15.9 Å². The molecule has 1 atom stereocenters. The van der Waals surface area contributed by atoms with Crippen LogP contribution in [-0.2, 0) is 10.0 Å². The molecule has 1 aromatic rings. The van der Waals surface area contributed by atoms with Gasteiger partial charge in [0.05, 0.1) is 0 Å². The van der Waals surface area contributed by atoms with Crippen LogP contribution in [0.5, 0.6) is 0 Å². The fraction of sp³-hybridized carbons (Fsp3) is 0.545. The van der Waals surface area contributed by atoms with Gasteiger partial charge in [0, 0.05) is 12.6 Å². The van der Waals surface area contributed by atoms with Crippen LogP contribution in [0.15, 0.2) is 20.0 Å². The highest BCUT2D eigenvalue weighted by atomic mass is 79.9. The molecule has 1 unspecified atom stereocenters. The monoisotopic (exact) mass is 352 g/mol. The van der Waals surface area contributed by atoms with Crippen molar-refractivity contribution in [2.75, 3.05) is 6.54 Å². The Balaban J connectivity index is 2.80. The molecule has 6 nitrogen and oxygen atoms in total. The number of hydrogen-bond donors (Lipinski definition) is 2. The van der Waals surface area contributed by atoms with Gasteiger partial charge in [-0.2, -0.15) is 0 Å². The van der Waals surface area contributed by atoms with E-state index in [9.17, 15) is 13.2 Å². The minimum absolute atomic E-state index is 0.0722. The van der Waals surface area contributed by atoms with E-state index in [0.717, 1.165) is 6.07 Å². The predicted octanol–water partition coefficient (Wildman–Crippen LogP) is 1.71. The Morgan fingerprint density at radius 2 is 2.05 bits per heavy atom. The summed E-state index contributed by atoms with van der Waals surface area (Å²) in [6.07, 6.45) is 0. The zero-order valence-electron chi connectivity index (χ0n) is 10.9. The molecule has 1 amide bonds. The molecule has 1 rings (SSSR count). The molecule has 0 aliphatic carbocycles. The predicted molar refractivity (Wildman–Crippen MR) is 74.1 cm³/mol. The highest BCUT2D eigenvalue weighted by Gasteiger charge is 2.22. The van der Waals surface area contributed by atoms with Gasteiger partial charge in [0.25, 0.3) is 5.91 Å². The third-order valence-electron chi connectivity index (χ3n) is 2.91. The van der Waals surface area contributed by atoms with Crippen molar-refractivity contribution in [2.45, 2.75) is 25.7 Å². The van der Waals surface area contributed by atoms with Gasteiger partial charge in [0.1, 0.15) is 4.90 Å². The van der Waals surface area contributed by atoms with Crippen LogP contribution < -0.4 is 10.5 Å². The summed E-state index contributed by atoms with van der Waals surface area (Å²) in [5.74, 6) is 0.179. The number of carbonyl (C=O) groups is 1. The average molecular weight is 353 g/mol. The standard InChI is InChI=1S/C11H17BrN2O4S/c1-6(2)7(3)5-14-11(15)8-4-9(10(12)18-8)19(13,16)17/h4,6-7H,5H2,1-3H3,(H,14,15)(H2,13,16,17). The number of sulfonamides is 1. The van der Waals surface area contributed by atoms with Crippen LogP contribution in [0.2, 0.25) is 0 Å². The van der Waals surface area contributed by atoms with Crippen molar-refractivity contribution >= 4 is 31.9 Å². The molecular weight excluding hydrogens is 336 g/mol. The summed E-state index contributed by atoms with van der Waals surface area (Å²) in [4.78, 5) is 11.6. The number of rotatable bonds is 5. The van der Waals surface area contributed by atoms with Gasteiger partial charge in [0.2, 0.25) is 10.0 Å². The molecule has 0 saturated heterocycles. The maximum Gasteiger partial charge on any atom is 0.287 e. The zero-order chi connectivity index (χ0) is 14.8. The second kappa shape index (κ2) is 6.06. The van der Waals surface area contributed by atoms with Gasteiger partial charge < -0.3 is 9.73 Å². The smallest absolute Gasteiger partial charge is 0.287 e. The molecular formula is C11H17BrN2O4S. The zero-order valence-corrected chi connectivity index (χ0v) is 13.3. The molecule has 0 aromatic carbocycles. The van der Waals surface area contributed by atoms with Gasteiger partial charge in [-0.25, -0.2) is 13.6 Å². The number of primary sulfonamides is 1. The molecule has 108 valence electrons. The summed E-state index contributed by atoms with van der Waals surface area (Å²) >= 11 is 2.92. The molecule has 0 fully saturated rings. The topological polar surface area (TPSA) is 102 Å². The lowest BCUT2D eigenvalue weighted by Gasteiger charge is -2.15. The highest BCUT2D eigenvalue weighted by molar-refractivity contribution is 9.10. The van der Waals surface area contributed by atoms with Crippen LogP contribution in [0.4, 0.5) is 0 Å². The Morgan fingerprint density at radius 1 is 1.47 bits per heavy atom. The van der Waals surface area contributed by atoms with Crippen LogP contribution in [-0.4, -0.2) is 20.9 Å². The molecule has 3 N–H and O–H groups in total. The fourth-order valence-corrected chi connectivity index (χ4v) is 2.74. The van der Waals surface area contributed by atoms with Gasteiger partial charge in [-0.05, 0) is 27.8 Å². The van der Waals surface area contributed by atoms with Crippen LogP contribution in [0.25, 0.3) is 0 Å². The van der Waals surface area contributed by atoms with Gasteiger partial charge >= 0.3 is 0 Å². The van der Waals surface area contributed by atoms with Gasteiger partial charge in [-0.3, -0.25) is 4.79 Å². The van der Waals surface area contributed by atoms with Crippen LogP contribution in [0, 0.1) is 11.8 Å². The first kappa shape index (κ1) is 16.2. The number of furan rings is 1. The fourth-order valence-electron chi connectivity index (χ4n) is 1.23. The summed E-state index contributed by atoms with van der Waals surface area (Å²) in [5.41, 5.74) is 0. The SMILES string of the molecule is CC(C)C(C)CNC(=O)c1cc(S(N)(=O)=O)c(Br)o1. The molecule has 1 aromatic heterocycles. The molecule has 0 aliphatic heterocycles. The Hall–Kier alpha value is -0.860. The van der Waals surface area contributed by atoms with Crippen LogP contribution in [0.1, 0.15) is 31.3 Å². The largest absolute Gasteiger partial charge is 0.443 e. The Kier molecular flexibility index (Phi) is 5.17. The first-order valence-electron chi connectivity index (χ1n) is 5.73. The molecule has 0 radical (unpaired) electrons. The third kappa shape index (κ3) is 4.32. The lowest BCUT2D eigenvalue weighted by atomic mass is 9.98. The van der Waals surface area contributed by atoms with E-state index in [4.69, 9.17) is 9.56 Å². The summed E-state index contributed by atoms with van der Waals surface area (Å²) in [6, 6.07) is 1.11. The van der Waals surface area contributed by atoms with E-state index < -0.39 is 15.9 Å². The number of hydrogen-bond acceptors (Lipinski definition) is 4. The lowest BCUT2D eigenvalue weighted by molar-refractivity contribution is 0.0916. The van der Waals surface area contributed by atoms with E-state index in [1.165, 1.54) is 0 Å². The first-order valence-corrected chi connectivity index (χ1v) is 8.07. The van der Waals surface area contributed by atoms with E-state index in [-0.39, 0.29) is 15.3 Å². The summed E-state index contributed by atoms with van der Waals surface area (Å²) in [6.45, 7) is 6.61. The van der Waals surface area contributed by atoms with Crippen molar-refractivity contribution in [1.82, 2.24) is 5.32 Å². The Labute approximate surface area is 120 Å². The van der Waals surface area contributed by atoms with Crippen molar-refractivity contribution in [2.24, 2.45) is 17.0 Å². The third-order valence-corrected chi connectivity index (χ3v) is 4.68. The maximum atomic E-state index is 11.8. The number of nitrogens with one attached hydrogen (secondary N) is 1. The van der Waals surface area contributed by atoms with Crippen molar-refractivity contribution < 1.29 is 17.6 Å². The number of halogens is 1. The summed E-state index contributed by atoms with van der Waals surface area (Å²) in [5, 5.41) is 7.67. The van der Waals surface area contributed by atoms with E-state index in [2.05, 4.69) is 35.1 Å². The molecule has 0 spiro atoms. The quantitative estimate of drug-likeness (QED) is 0.841. The summed E-state index contributed by atoms with van der Waals surface area (Å²) in [7, 11) is -3.91. The van der Waals surface area contributed by atoms with Crippen molar-refractivity contribution in [3.63, 3.8) is 0 Å². The van der Waals surface area contributed by atoms with E-state index in [1.54, 1.807) is 0 Å². The molecule has 8 heteroatoms. The normalized spacial score (nSPS) is 13.6. The molecule has 0 aliphatic rings. The second-order valence-corrected chi connectivity index (χ2v) is 6.98. The van der Waals surface area contributed by atoms with Crippen molar-refractivity contribution in [1.29, 1.82) is 0 Å². The van der Waals surface area contributed by atoms with E-state index >= 15 is 0 Å². The summed E-state index contributed by atoms with van der Waals surface area (Å²) < 4.78 is 27.4. The molecule has 0 saturated carbocycles. The molecule has 1 heterocycles. The average Bonchev–Trinajstić information content (AvgIpc) is 2.67. The minimum Gasteiger partial charge on any atom is -0.443 e. The number of amides is 1. The minimum atomic E-state index is -3.91. The van der Waals surface area contributed by atoms with Crippen molar-refractivity contribution in [3.05, 3.63) is 16.5 Å². The maximum absolute atomic E-state index is 11.8. The molecule has 0 bridgehead atoms. The lowest BCUT2D eigenvalue weighted by Crippen LogP contribution is -2.29. The number of nitrogens with two attached hydrogens (primary N) is 1. The van der Waals surface area contributed by atoms with Crippen molar-refractivity contribution in [3.8, 4) is 0 Å².